The van der Waals surface area contributed by atoms with Crippen molar-refractivity contribution in [3.8, 4) is 0 Å². The Balaban J connectivity index is 2.11. The molecule has 0 bridgehead atoms. The van der Waals surface area contributed by atoms with Crippen LogP contribution in [0.25, 0.3) is 0 Å². The van der Waals surface area contributed by atoms with Gasteiger partial charge < -0.3 is 5.32 Å². The summed E-state index contributed by atoms with van der Waals surface area (Å²) in [6.07, 6.45) is 0. The molecule has 0 saturated heterocycles. The first-order chi connectivity index (χ1) is 10.0. The first-order valence-corrected chi connectivity index (χ1v) is 7.65. The minimum Gasteiger partial charge on any atom is -0.309 e. The molecule has 4 nitrogen and oxygen atoms in total. The molecule has 0 saturated carbocycles. The Labute approximate surface area is 127 Å². The molecule has 2 rings (SSSR count). The fourth-order valence-electron chi connectivity index (χ4n) is 1.93. The van der Waals surface area contributed by atoms with Gasteiger partial charge in [0, 0.05) is 11.4 Å². The summed E-state index contributed by atoms with van der Waals surface area (Å²) in [5.74, 6) is -1.01. The Bertz CT molecular complexity index is 642. The number of thiazole rings is 1. The average Bonchev–Trinajstić information content (AvgIpc) is 2.90. The van der Waals surface area contributed by atoms with E-state index in [0.717, 1.165) is 17.8 Å². The van der Waals surface area contributed by atoms with Crippen LogP contribution >= 0.6 is 11.3 Å². The van der Waals surface area contributed by atoms with Crippen molar-refractivity contribution in [3.05, 3.63) is 46.2 Å². The number of aryl methyl sites for hydroxylation is 1. The quantitative estimate of drug-likeness (QED) is 0.888. The van der Waals surface area contributed by atoms with E-state index in [1.54, 1.807) is 6.07 Å². The van der Waals surface area contributed by atoms with Gasteiger partial charge in [0.05, 0.1) is 11.3 Å². The molecule has 0 aliphatic rings. The highest BCUT2D eigenvalue weighted by molar-refractivity contribution is 7.14. The number of carbonyl (C=O) groups excluding carboxylic acids is 1. The van der Waals surface area contributed by atoms with E-state index in [1.165, 1.54) is 23.5 Å². The summed E-state index contributed by atoms with van der Waals surface area (Å²) in [5, 5.41) is 8.25. The minimum atomic E-state index is -0.532. The van der Waals surface area contributed by atoms with Crippen molar-refractivity contribution in [2.75, 3.05) is 11.9 Å². The Morgan fingerprint density at radius 3 is 2.95 bits per heavy atom. The van der Waals surface area contributed by atoms with Crippen molar-refractivity contribution in [3.63, 3.8) is 0 Å². The summed E-state index contributed by atoms with van der Waals surface area (Å²) >= 11 is 1.33. The molecule has 0 aliphatic heterocycles. The van der Waals surface area contributed by atoms with E-state index in [9.17, 15) is 9.18 Å². The van der Waals surface area contributed by atoms with Gasteiger partial charge in [-0.1, -0.05) is 18.6 Å². The Morgan fingerprint density at radius 1 is 1.48 bits per heavy atom. The fraction of sp³-hybridized carbons (Fsp3) is 0.333. The van der Waals surface area contributed by atoms with Crippen molar-refractivity contribution < 1.29 is 9.18 Å². The smallest absolute Gasteiger partial charge is 0.260 e. The van der Waals surface area contributed by atoms with E-state index >= 15 is 0 Å². The SMILES string of the molecule is CCNC(C)c1csc(NC(=O)c2cc(C)ccc2F)n1. The van der Waals surface area contributed by atoms with E-state index in [-0.39, 0.29) is 11.6 Å². The topological polar surface area (TPSA) is 54.0 Å². The number of carbonyl (C=O) groups is 1. The number of benzene rings is 1. The number of nitrogens with zero attached hydrogens (tertiary/aromatic N) is 1. The number of amides is 1. The van der Waals surface area contributed by atoms with E-state index in [1.807, 2.05) is 26.2 Å². The molecule has 1 amide bonds. The molecule has 1 heterocycles. The van der Waals surface area contributed by atoms with Gasteiger partial charge in [0.15, 0.2) is 5.13 Å². The Hall–Kier alpha value is -1.79. The van der Waals surface area contributed by atoms with Crippen LogP contribution in [0.1, 0.15) is 41.5 Å². The lowest BCUT2D eigenvalue weighted by Crippen LogP contribution is -2.18. The number of aromatic nitrogens is 1. The van der Waals surface area contributed by atoms with Crippen LogP contribution in [-0.2, 0) is 0 Å². The van der Waals surface area contributed by atoms with Gasteiger partial charge in [-0.3, -0.25) is 10.1 Å². The zero-order valence-electron chi connectivity index (χ0n) is 12.2. The number of hydrogen-bond acceptors (Lipinski definition) is 4. The molecule has 1 atom stereocenters. The summed E-state index contributed by atoms with van der Waals surface area (Å²) in [5.41, 5.74) is 1.73. The maximum Gasteiger partial charge on any atom is 0.260 e. The maximum atomic E-state index is 13.7. The second-order valence-electron chi connectivity index (χ2n) is 4.79. The van der Waals surface area contributed by atoms with Gasteiger partial charge in [-0.15, -0.1) is 11.3 Å². The molecule has 0 aliphatic carbocycles. The third kappa shape index (κ3) is 3.86. The maximum absolute atomic E-state index is 13.7. The third-order valence-corrected chi connectivity index (χ3v) is 3.84. The van der Waals surface area contributed by atoms with Crippen molar-refractivity contribution in [1.29, 1.82) is 0 Å². The predicted molar refractivity (Wildman–Crippen MR) is 83.3 cm³/mol. The first kappa shape index (κ1) is 15.6. The summed E-state index contributed by atoms with van der Waals surface area (Å²) < 4.78 is 13.7. The standard InChI is InChI=1S/C15H18FN3OS/c1-4-17-10(3)13-8-21-15(18-13)19-14(20)11-7-9(2)5-6-12(11)16/h5-8,10,17H,4H2,1-3H3,(H,18,19,20). The lowest BCUT2D eigenvalue weighted by molar-refractivity contribution is 0.102. The van der Waals surface area contributed by atoms with Crippen LogP contribution in [-0.4, -0.2) is 17.4 Å². The van der Waals surface area contributed by atoms with Gasteiger partial charge in [-0.25, -0.2) is 9.37 Å². The molecular weight excluding hydrogens is 289 g/mol. The van der Waals surface area contributed by atoms with Crippen LogP contribution in [0.2, 0.25) is 0 Å². The number of anilines is 1. The molecule has 0 radical (unpaired) electrons. The van der Waals surface area contributed by atoms with E-state index in [2.05, 4.69) is 15.6 Å². The molecule has 1 aromatic heterocycles. The molecule has 1 aromatic carbocycles. The van der Waals surface area contributed by atoms with Gasteiger partial charge in [0.2, 0.25) is 0 Å². The molecule has 2 aromatic rings. The van der Waals surface area contributed by atoms with Crippen LogP contribution in [0.5, 0.6) is 0 Å². The van der Waals surface area contributed by atoms with Gasteiger partial charge >= 0.3 is 0 Å². The highest BCUT2D eigenvalue weighted by Gasteiger charge is 2.15. The van der Waals surface area contributed by atoms with Crippen molar-refractivity contribution in [1.82, 2.24) is 10.3 Å². The number of halogens is 1. The van der Waals surface area contributed by atoms with Gasteiger partial charge in [-0.2, -0.15) is 0 Å². The largest absolute Gasteiger partial charge is 0.309 e. The third-order valence-electron chi connectivity index (χ3n) is 3.06. The van der Waals surface area contributed by atoms with Crippen LogP contribution in [0.4, 0.5) is 9.52 Å². The van der Waals surface area contributed by atoms with Gasteiger partial charge in [0.1, 0.15) is 5.82 Å². The normalized spacial score (nSPS) is 12.2. The van der Waals surface area contributed by atoms with Gasteiger partial charge in [0.25, 0.3) is 5.91 Å². The summed E-state index contributed by atoms with van der Waals surface area (Å²) in [6, 6.07) is 4.57. The number of rotatable bonds is 5. The molecule has 0 spiro atoms. The van der Waals surface area contributed by atoms with Crippen LogP contribution in [0.3, 0.4) is 0 Å². The lowest BCUT2D eigenvalue weighted by atomic mass is 10.1. The summed E-state index contributed by atoms with van der Waals surface area (Å²) in [7, 11) is 0. The Morgan fingerprint density at radius 2 is 2.24 bits per heavy atom. The van der Waals surface area contributed by atoms with Gasteiger partial charge in [-0.05, 0) is 32.5 Å². The highest BCUT2D eigenvalue weighted by atomic mass is 32.1. The molecular formula is C15H18FN3OS. The zero-order chi connectivity index (χ0) is 15.4. The molecule has 112 valence electrons. The van der Waals surface area contributed by atoms with E-state index in [4.69, 9.17) is 0 Å². The zero-order valence-corrected chi connectivity index (χ0v) is 13.1. The number of nitrogens with one attached hydrogen (secondary N) is 2. The highest BCUT2D eigenvalue weighted by Crippen LogP contribution is 2.21. The second kappa shape index (κ2) is 6.78. The predicted octanol–water partition coefficient (Wildman–Crippen LogP) is 3.51. The summed E-state index contributed by atoms with van der Waals surface area (Å²) in [4.78, 5) is 16.4. The van der Waals surface area contributed by atoms with E-state index in [0.29, 0.717) is 5.13 Å². The second-order valence-corrected chi connectivity index (χ2v) is 5.65. The molecule has 6 heteroatoms. The minimum absolute atomic E-state index is 0.0338. The molecule has 21 heavy (non-hydrogen) atoms. The molecule has 2 N–H and O–H groups in total. The number of hydrogen-bond donors (Lipinski definition) is 2. The van der Waals surface area contributed by atoms with Crippen LogP contribution in [0.15, 0.2) is 23.6 Å². The fourth-order valence-corrected chi connectivity index (χ4v) is 2.73. The Kier molecular flexibility index (Phi) is 5.03. The lowest BCUT2D eigenvalue weighted by Gasteiger charge is -2.08. The molecule has 1 unspecified atom stereocenters. The molecule has 0 fully saturated rings. The van der Waals surface area contributed by atoms with Crippen LogP contribution < -0.4 is 10.6 Å². The first-order valence-electron chi connectivity index (χ1n) is 6.77. The van der Waals surface area contributed by atoms with Crippen LogP contribution in [0, 0.1) is 12.7 Å². The van der Waals surface area contributed by atoms with Crippen molar-refractivity contribution in [2.24, 2.45) is 0 Å². The van der Waals surface area contributed by atoms with Crippen molar-refractivity contribution in [2.45, 2.75) is 26.8 Å². The summed E-state index contributed by atoms with van der Waals surface area (Å²) in [6.45, 7) is 6.68. The van der Waals surface area contributed by atoms with Crippen molar-refractivity contribution >= 4 is 22.4 Å². The average molecular weight is 307 g/mol. The monoisotopic (exact) mass is 307 g/mol. The van der Waals surface area contributed by atoms with E-state index < -0.39 is 11.7 Å².